The summed E-state index contributed by atoms with van der Waals surface area (Å²) in [4.78, 5) is 10.8. The number of aliphatic carboxylic acids is 1. The maximum Gasteiger partial charge on any atom is 0.320 e. The molecule has 0 aliphatic heterocycles. The number of hydrogen-bond donors (Lipinski definition) is 3. The Kier molecular flexibility index (Phi) is 4.35. The van der Waals surface area contributed by atoms with Crippen molar-refractivity contribution in [2.24, 2.45) is 0 Å². The fraction of sp³-hybridized carbons (Fsp3) is 0.900. The van der Waals surface area contributed by atoms with Crippen molar-refractivity contribution in [1.82, 2.24) is 5.32 Å². The molecule has 1 aliphatic carbocycles. The molecule has 14 heavy (non-hydrogen) atoms. The van der Waals surface area contributed by atoms with E-state index in [1.54, 1.807) is 0 Å². The highest BCUT2D eigenvalue weighted by Crippen LogP contribution is 2.20. The van der Waals surface area contributed by atoms with Crippen LogP contribution in [0.25, 0.3) is 0 Å². The van der Waals surface area contributed by atoms with Crippen LogP contribution in [0.4, 0.5) is 0 Å². The minimum atomic E-state index is -0.778. The lowest BCUT2D eigenvalue weighted by atomic mass is 9.88. The largest absolute Gasteiger partial charge is 0.480 e. The Labute approximate surface area is 84.3 Å². The molecule has 0 aromatic carbocycles. The highest BCUT2D eigenvalue weighted by Gasteiger charge is 2.30. The molecule has 0 aromatic heterocycles. The van der Waals surface area contributed by atoms with Gasteiger partial charge in [0.2, 0.25) is 0 Å². The van der Waals surface area contributed by atoms with Crippen LogP contribution < -0.4 is 5.32 Å². The van der Waals surface area contributed by atoms with E-state index in [1.165, 1.54) is 0 Å². The van der Waals surface area contributed by atoms with Crippen LogP contribution in [0.3, 0.4) is 0 Å². The standard InChI is InChI=1S/C10H19NO3/c1-2-3-4-9(10(13)14)11-7-5-8(12)6-7/h7-9,11-12H,2-6H2,1H3,(H,13,14). The van der Waals surface area contributed by atoms with Gasteiger partial charge in [-0.3, -0.25) is 4.79 Å². The van der Waals surface area contributed by atoms with E-state index in [-0.39, 0.29) is 12.1 Å². The Balaban J connectivity index is 2.24. The molecule has 1 atom stereocenters. The van der Waals surface area contributed by atoms with Gasteiger partial charge in [-0.15, -0.1) is 0 Å². The van der Waals surface area contributed by atoms with Crippen LogP contribution in [0, 0.1) is 0 Å². The van der Waals surface area contributed by atoms with E-state index < -0.39 is 12.0 Å². The number of aliphatic hydroxyl groups excluding tert-OH is 1. The van der Waals surface area contributed by atoms with Crippen LogP contribution in [0.1, 0.15) is 39.0 Å². The van der Waals surface area contributed by atoms with Gasteiger partial charge in [-0.05, 0) is 19.3 Å². The predicted octanol–water partition coefficient (Wildman–Crippen LogP) is 0.743. The molecule has 1 rings (SSSR count). The first-order valence-electron chi connectivity index (χ1n) is 5.30. The van der Waals surface area contributed by atoms with Crippen LogP contribution in [0.2, 0.25) is 0 Å². The number of carboxylic acid groups (broad SMARTS) is 1. The average molecular weight is 201 g/mol. The van der Waals surface area contributed by atoms with Crippen LogP contribution in [-0.2, 0) is 4.79 Å². The van der Waals surface area contributed by atoms with Crippen molar-refractivity contribution in [1.29, 1.82) is 0 Å². The Morgan fingerprint density at radius 3 is 2.64 bits per heavy atom. The summed E-state index contributed by atoms with van der Waals surface area (Å²) in [6, 6.07) is -0.240. The lowest BCUT2D eigenvalue weighted by Gasteiger charge is -2.34. The van der Waals surface area contributed by atoms with Crippen molar-refractivity contribution < 1.29 is 15.0 Å². The summed E-state index contributed by atoms with van der Waals surface area (Å²) >= 11 is 0. The van der Waals surface area contributed by atoms with E-state index in [1.807, 2.05) is 6.92 Å². The fourth-order valence-corrected chi connectivity index (χ4v) is 1.69. The van der Waals surface area contributed by atoms with E-state index in [9.17, 15) is 4.79 Å². The lowest BCUT2D eigenvalue weighted by Crippen LogP contribution is -2.51. The lowest BCUT2D eigenvalue weighted by molar-refractivity contribution is -0.140. The van der Waals surface area contributed by atoms with Gasteiger partial charge in [0.05, 0.1) is 6.10 Å². The zero-order chi connectivity index (χ0) is 10.6. The van der Waals surface area contributed by atoms with Crippen molar-refractivity contribution >= 4 is 5.97 Å². The SMILES string of the molecule is CCCCC(NC1CC(O)C1)C(=O)O. The van der Waals surface area contributed by atoms with Crippen LogP contribution in [-0.4, -0.2) is 34.4 Å². The Hall–Kier alpha value is -0.610. The Bertz CT molecular complexity index is 190. The molecule has 4 nitrogen and oxygen atoms in total. The summed E-state index contributed by atoms with van der Waals surface area (Å²) in [5.41, 5.74) is 0. The number of unbranched alkanes of at least 4 members (excludes halogenated alkanes) is 1. The second kappa shape index (κ2) is 5.32. The van der Waals surface area contributed by atoms with Crippen molar-refractivity contribution in [3.8, 4) is 0 Å². The molecule has 0 radical (unpaired) electrons. The van der Waals surface area contributed by atoms with Gasteiger partial charge in [-0.1, -0.05) is 19.8 Å². The topological polar surface area (TPSA) is 69.6 Å². The molecule has 0 aromatic rings. The van der Waals surface area contributed by atoms with Crippen molar-refractivity contribution in [2.75, 3.05) is 0 Å². The first-order valence-corrected chi connectivity index (χ1v) is 5.30. The number of hydrogen-bond acceptors (Lipinski definition) is 3. The van der Waals surface area contributed by atoms with E-state index >= 15 is 0 Å². The number of carboxylic acids is 1. The van der Waals surface area contributed by atoms with Crippen LogP contribution in [0.15, 0.2) is 0 Å². The van der Waals surface area contributed by atoms with Gasteiger partial charge >= 0.3 is 5.97 Å². The van der Waals surface area contributed by atoms with E-state index in [0.717, 1.165) is 12.8 Å². The third-order valence-electron chi connectivity index (χ3n) is 2.69. The van der Waals surface area contributed by atoms with Gasteiger partial charge in [0.1, 0.15) is 6.04 Å². The Morgan fingerprint density at radius 2 is 2.21 bits per heavy atom. The number of rotatable bonds is 6. The molecule has 0 saturated heterocycles. The molecule has 1 saturated carbocycles. The third kappa shape index (κ3) is 3.27. The maximum atomic E-state index is 10.8. The van der Waals surface area contributed by atoms with Gasteiger partial charge in [0, 0.05) is 6.04 Å². The number of aliphatic hydroxyl groups is 1. The van der Waals surface area contributed by atoms with Crippen molar-refractivity contribution in [2.45, 2.75) is 57.2 Å². The summed E-state index contributed by atoms with van der Waals surface area (Å²) in [5, 5.41) is 21.0. The molecule has 1 unspecified atom stereocenters. The summed E-state index contributed by atoms with van der Waals surface area (Å²) in [6.45, 7) is 2.05. The molecule has 3 N–H and O–H groups in total. The summed E-state index contributed by atoms with van der Waals surface area (Å²) in [6.07, 6.45) is 3.77. The van der Waals surface area contributed by atoms with E-state index in [0.29, 0.717) is 19.3 Å². The molecule has 1 aliphatic rings. The van der Waals surface area contributed by atoms with E-state index in [4.69, 9.17) is 10.2 Å². The monoisotopic (exact) mass is 201 g/mol. The van der Waals surface area contributed by atoms with Gasteiger partial charge in [-0.25, -0.2) is 0 Å². The number of nitrogens with one attached hydrogen (secondary N) is 1. The van der Waals surface area contributed by atoms with Crippen molar-refractivity contribution in [3.05, 3.63) is 0 Å². The maximum absolute atomic E-state index is 10.8. The Morgan fingerprint density at radius 1 is 1.57 bits per heavy atom. The van der Waals surface area contributed by atoms with Crippen LogP contribution in [0.5, 0.6) is 0 Å². The molecule has 0 spiro atoms. The molecule has 1 fully saturated rings. The van der Waals surface area contributed by atoms with Gasteiger partial charge in [0.25, 0.3) is 0 Å². The smallest absolute Gasteiger partial charge is 0.320 e. The van der Waals surface area contributed by atoms with Gasteiger partial charge < -0.3 is 15.5 Å². The zero-order valence-electron chi connectivity index (χ0n) is 8.57. The normalized spacial score (nSPS) is 28.1. The summed E-state index contributed by atoms with van der Waals surface area (Å²) in [7, 11) is 0. The van der Waals surface area contributed by atoms with Gasteiger partial charge in [0.15, 0.2) is 0 Å². The van der Waals surface area contributed by atoms with E-state index in [2.05, 4.69) is 5.32 Å². The average Bonchev–Trinajstić information content (AvgIpc) is 2.08. The molecule has 0 bridgehead atoms. The fourth-order valence-electron chi connectivity index (χ4n) is 1.69. The quantitative estimate of drug-likeness (QED) is 0.593. The number of carbonyl (C=O) groups is 1. The second-order valence-electron chi connectivity index (χ2n) is 4.02. The predicted molar refractivity (Wildman–Crippen MR) is 53.1 cm³/mol. The molecule has 0 amide bonds. The zero-order valence-corrected chi connectivity index (χ0v) is 8.57. The highest BCUT2D eigenvalue weighted by molar-refractivity contribution is 5.73. The van der Waals surface area contributed by atoms with Crippen LogP contribution >= 0.6 is 0 Å². The molecular weight excluding hydrogens is 182 g/mol. The van der Waals surface area contributed by atoms with Gasteiger partial charge in [-0.2, -0.15) is 0 Å². The first kappa shape index (κ1) is 11.5. The molecule has 0 heterocycles. The third-order valence-corrected chi connectivity index (χ3v) is 2.69. The molecule has 4 heteroatoms. The minimum Gasteiger partial charge on any atom is -0.480 e. The first-order chi connectivity index (χ1) is 6.63. The molecular formula is C10H19NO3. The minimum absolute atomic E-state index is 0.197. The van der Waals surface area contributed by atoms with Crippen molar-refractivity contribution in [3.63, 3.8) is 0 Å². The molecule has 82 valence electrons. The summed E-state index contributed by atoms with van der Waals surface area (Å²) in [5.74, 6) is -0.778. The second-order valence-corrected chi connectivity index (χ2v) is 4.02. The summed E-state index contributed by atoms with van der Waals surface area (Å²) < 4.78 is 0. The highest BCUT2D eigenvalue weighted by atomic mass is 16.4.